The van der Waals surface area contributed by atoms with Gasteiger partial charge >= 0.3 is 0 Å². The zero-order chi connectivity index (χ0) is 13.9. The molecule has 0 unspecified atom stereocenters. The zero-order valence-corrected chi connectivity index (χ0v) is 12.9. The third-order valence-electron chi connectivity index (χ3n) is 4.15. The summed E-state index contributed by atoms with van der Waals surface area (Å²) in [5, 5.41) is 3.63. The maximum atomic E-state index is 3.63. The molecule has 0 bridgehead atoms. The molecule has 2 aromatic rings. The van der Waals surface area contributed by atoms with E-state index in [-0.39, 0.29) is 0 Å². The quantitative estimate of drug-likeness (QED) is 0.786. The van der Waals surface area contributed by atoms with Gasteiger partial charge in [0.05, 0.1) is 0 Å². The van der Waals surface area contributed by atoms with Gasteiger partial charge in [0, 0.05) is 16.6 Å². The minimum Gasteiger partial charge on any atom is -0.382 e. The molecule has 1 nitrogen and oxygen atoms in total. The van der Waals surface area contributed by atoms with Crippen LogP contribution in [0.1, 0.15) is 29.9 Å². The van der Waals surface area contributed by atoms with Crippen LogP contribution in [0.2, 0.25) is 0 Å². The van der Waals surface area contributed by atoms with Crippen molar-refractivity contribution in [1.29, 1.82) is 0 Å². The summed E-state index contributed by atoms with van der Waals surface area (Å²) < 4.78 is 0. The summed E-state index contributed by atoms with van der Waals surface area (Å²) in [5.74, 6) is 0.735. The highest BCUT2D eigenvalue weighted by molar-refractivity contribution is 7.98. The summed E-state index contributed by atoms with van der Waals surface area (Å²) in [4.78, 5) is 1.32. The van der Waals surface area contributed by atoms with E-state index in [0.29, 0.717) is 6.04 Å². The van der Waals surface area contributed by atoms with Crippen LogP contribution >= 0.6 is 11.8 Å². The number of benzene rings is 2. The Labute approximate surface area is 125 Å². The van der Waals surface area contributed by atoms with Gasteiger partial charge < -0.3 is 5.32 Å². The van der Waals surface area contributed by atoms with E-state index in [1.165, 1.54) is 34.6 Å². The molecular weight excluding hydrogens is 262 g/mol. The van der Waals surface area contributed by atoms with Crippen molar-refractivity contribution in [2.24, 2.45) is 0 Å². The molecule has 1 N–H and O–H groups in total. The SMILES string of the molecule is CSc1ccc(NC2CC(c3ccc(C)cc3)C2)cc1. The fraction of sp³-hybridized carbons (Fsp3) is 0.333. The Hall–Kier alpha value is -1.41. The fourth-order valence-corrected chi connectivity index (χ4v) is 3.18. The molecule has 0 aromatic heterocycles. The Morgan fingerprint density at radius 2 is 1.60 bits per heavy atom. The molecule has 1 saturated carbocycles. The Morgan fingerprint density at radius 1 is 0.950 bits per heavy atom. The van der Waals surface area contributed by atoms with E-state index >= 15 is 0 Å². The molecule has 0 amide bonds. The molecule has 2 heteroatoms. The standard InChI is InChI=1S/C18H21NS/c1-13-3-5-14(6-4-13)15-11-17(12-15)19-16-7-9-18(20-2)10-8-16/h3-10,15,17,19H,11-12H2,1-2H3. The van der Waals surface area contributed by atoms with E-state index in [1.807, 2.05) is 0 Å². The molecule has 2 aromatic carbocycles. The topological polar surface area (TPSA) is 12.0 Å². The molecule has 1 aliphatic carbocycles. The van der Waals surface area contributed by atoms with E-state index in [2.05, 4.69) is 67.0 Å². The van der Waals surface area contributed by atoms with E-state index < -0.39 is 0 Å². The predicted octanol–water partition coefficient (Wildman–Crippen LogP) is 5.08. The predicted molar refractivity (Wildman–Crippen MR) is 88.8 cm³/mol. The van der Waals surface area contributed by atoms with Gasteiger partial charge in [0.25, 0.3) is 0 Å². The molecule has 0 atom stereocenters. The second-order valence-electron chi connectivity index (χ2n) is 5.65. The zero-order valence-electron chi connectivity index (χ0n) is 12.1. The minimum absolute atomic E-state index is 0.626. The summed E-state index contributed by atoms with van der Waals surface area (Å²) in [5.41, 5.74) is 4.08. The van der Waals surface area contributed by atoms with Gasteiger partial charge in [0.2, 0.25) is 0 Å². The van der Waals surface area contributed by atoms with E-state index in [1.54, 1.807) is 11.8 Å². The molecule has 3 rings (SSSR count). The van der Waals surface area contributed by atoms with E-state index in [4.69, 9.17) is 0 Å². The number of aryl methyl sites for hydroxylation is 1. The molecular formula is C18H21NS. The lowest BCUT2D eigenvalue weighted by molar-refractivity contribution is 0.374. The van der Waals surface area contributed by atoms with Crippen molar-refractivity contribution < 1.29 is 0 Å². The third-order valence-corrected chi connectivity index (χ3v) is 4.89. The van der Waals surface area contributed by atoms with Gasteiger partial charge in [0.15, 0.2) is 0 Å². The first-order chi connectivity index (χ1) is 9.74. The molecule has 1 aliphatic rings. The summed E-state index contributed by atoms with van der Waals surface area (Å²) in [6.45, 7) is 2.15. The number of anilines is 1. The Balaban J connectivity index is 1.53. The van der Waals surface area contributed by atoms with Gasteiger partial charge in [-0.05, 0) is 61.8 Å². The van der Waals surface area contributed by atoms with Crippen LogP contribution in [0.15, 0.2) is 53.4 Å². The number of hydrogen-bond donors (Lipinski definition) is 1. The normalized spacial score (nSPS) is 21.3. The Morgan fingerprint density at radius 3 is 2.20 bits per heavy atom. The van der Waals surface area contributed by atoms with Crippen LogP contribution in [0.5, 0.6) is 0 Å². The Kier molecular flexibility index (Phi) is 4.02. The number of rotatable bonds is 4. The second-order valence-corrected chi connectivity index (χ2v) is 6.53. The van der Waals surface area contributed by atoms with Crippen LogP contribution in [0.4, 0.5) is 5.69 Å². The molecule has 1 fully saturated rings. The van der Waals surface area contributed by atoms with Crippen LogP contribution in [0, 0.1) is 6.92 Å². The highest BCUT2D eigenvalue weighted by Crippen LogP contribution is 2.38. The molecule has 0 aliphatic heterocycles. The van der Waals surface area contributed by atoms with Gasteiger partial charge in [-0.3, -0.25) is 0 Å². The van der Waals surface area contributed by atoms with E-state index in [0.717, 1.165) is 5.92 Å². The summed E-state index contributed by atoms with van der Waals surface area (Å²) in [6, 6.07) is 18.4. The average Bonchev–Trinajstić information content (AvgIpc) is 2.44. The van der Waals surface area contributed by atoms with Gasteiger partial charge in [0.1, 0.15) is 0 Å². The minimum atomic E-state index is 0.626. The van der Waals surface area contributed by atoms with Gasteiger partial charge in [-0.1, -0.05) is 29.8 Å². The highest BCUT2D eigenvalue weighted by Gasteiger charge is 2.29. The average molecular weight is 283 g/mol. The molecule has 0 heterocycles. The van der Waals surface area contributed by atoms with Crippen LogP contribution < -0.4 is 5.32 Å². The van der Waals surface area contributed by atoms with Crippen molar-refractivity contribution in [2.75, 3.05) is 11.6 Å². The third kappa shape index (κ3) is 3.01. The van der Waals surface area contributed by atoms with E-state index in [9.17, 15) is 0 Å². The molecule has 104 valence electrons. The molecule has 0 saturated heterocycles. The van der Waals surface area contributed by atoms with Crippen LogP contribution in [-0.2, 0) is 0 Å². The van der Waals surface area contributed by atoms with Crippen LogP contribution in [0.3, 0.4) is 0 Å². The first-order valence-electron chi connectivity index (χ1n) is 7.22. The van der Waals surface area contributed by atoms with Crippen molar-refractivity contribution in [3.8, 4) is 0 Å². The first-order valence-corrected chi connectivity index (χ1v) is 8.44. The summed E-state index contributed by atoms with van der Waals surface area (Å²) in [6.07, 6.45) is 4.60. The van der Waals surface area contributed by atoms with Crippen LogP contribution in [-0.4, -0.2) is 12.3 Å². The fourth-order valence-electron chi connectivity index (χ4n) is 2.77. The largest absolute Gasteiger partial charge is 0.382 e. The van der Waals surface area contributed by atoms with Crippen molar-refractivity contribution >= 4 is 17.4 Å². The lowest BCUT2D eigenvalue weighted by atomic mass is 9.75. The van der Waals surface area contributed by atoms with Gasteiger partial charge in [-0.15, -0.1) is 11.8 Å². The molecule has 0 spiro atoms. The van der Waals surface area contributed by atoms with Crippen molar-refractivity contribution in [2.45, 2.75) is 36.6 Å². The molecule has 20 heavy (non-hydrogen) atoms. The number of thioether (sulfide) groups is 1. The molecule has 0 radical (unpaired) electrons. The number of nitrogens with one attached hydrogen (secondary N) is 1. The van der Waals surface area contributed by atoms with Crippen molar-refractivity contribution in [3.63, 3.8) is 0 Å². The van der Waals surface area contributed by atoms with Gasteiger partial charge in [-0.25, -0.2) is 0 Å². The smallest absolute Gasteiger partial charge is 0.0343 e. The van der Waals surface area contributed by atoms with Crippen molar-refractivity contribution in [3.05, 3.63) is 59.7 Å². The monoisotopic (exact) mass is 283 g/mol. The Bertz CT molecular complexity index is 553. The lowest BCUT2D eigenvalue weighted by Gasteiger charge is -2.37. The summed E-state index contributed by atoms with van der Waals surface area (Å²) in [7, 11) is 0. The number of hydrogen-bond acceptors (Lipinski definition) is 2. The maximum absolute atomic E-state index is 3.63. The van der Waals surface area contributed by atoms with Gasteiger partial charge in [-0.2, -0.15) is 0 Å². The van der Waals surface area contributed by atoms with Crippen molar-refractivity contribution in [1.82, 2.24) is 0 Å². The first kappa shape index (κ1) is 13.6. The highest BCUT2D eigenvalue weighted by atomic mass is 32.2. The maximum Gasteiger partial charge on any atom is 0.0343 e. The summed E-state index contributed by atoms with van der Waals surface area (Å²) >= 11 is 1.79. The van der Waals surface area contributed by atoms with Crippen LogP contribution in [0.25, 0.3) is 0 Å². The lowest BCUT2D eigenvalue weighted by Crippen LogP contribution is -2.33. The second kappa shape index (κ2) is 5.92.